The summed E-state index contributed by atoms with van der Waals surface area (Å²) in [4.78, 5) is 0. The lowest BCUT2D eigenvalue weighted by atomic mass is 10.0. The van der Waals surface area contributed by atoms with Gasteiger partial charge in [0.15, 0.2) is 0 Å². The molecule has 0 aromatic rings. The van der Waals surface area contributed by atoms with Crippen LogP contribution in [0.3, 0.4) is 0 Å². The van der Waals surface area contributed by atoms with Gasteiger partial charge in [-0.1, -0.05) is 59.3 Å². The summed E-state index contributed by atoms with van der Waals surface area (Å²) in [6.45, 7) is 10.1. The first-order valence-electron chi connectivity index (χ1n) is 4.43. The highest BCUT2D eigenvalue weighted by Gasteiger charge is 1.96. The Kier molecular flexibility index (Phi) is 7.11. The van der Waals surface area contributed by atoms with Crippen molar-refractivity contribution in [1.29, 1.82) is 0 Å². The topological polar surface area (TPSA) is 0 Å². The average molecular weight is 140 g/mol. The zero-order valence-corrected chi connectivity index (χ0v) is 7.23. The van der Waals surface area contributed by atoms with Gasteiger partial charge in [-0.2, -0.15) is 0 Å². The van der Waals surface area contributed by atoms with Crippen molar-refractivity contribution < 1.29 is 0 Å². The molecule has 0 fully saturated rings. The van der Waals surface area contributed by atoms with Crippen LogP contribution in [0.5, 0.6) is 0 Å². The number of hydrogen-bond acceptors (Lipinski definition) is 0. The molecule has 0 N–H and O–H groups in total. The SMILES string of the molecule is [CH2]CC([CH2])CCCCCC. The molecule has 0 amide bonds. The molecule has 1 unspecified atom stereocenters. The molecule has 0 nitrogen and oxygen atoms in total. The molecule has 0 bridgehead atoms. The fourth-order valence-corrected chi connectivity index (χ4v) is 1.00. The number of rotatable bonds is 6. The highest BCUT2D eigenvalue weighted by atomic mass is 14.0. The number of hydrogen-bond donors (Lipinski definition) is 0. The molecule has 0 saturated heterocycles. The van der Waals surface area contributed by atoms with Crippen LogP contribution in [0.25, 0.3) is 0 Å². The third-order valence-corrected chi connectivity index (χ3v) is 1.87. The van der Waals surface area contributed by atoms with E-state index < -0.39 is 0 Å². The predicted molar refractivity (Wildman–Crippen MR) is 47.6 cm³/mol. The van der Waals surface area contributed by atoms with E-state index >= 15 is 0 Å². The zero-order chi connectivity index (χ0) is 7.82. The third-order valence-electron chi connectivity index (χ3n) is 1.87. The fraction of sp³-hybridized carbons (Fsp3) is 0.800. The minimum Gasteiger partial charge on any atom is -0.0654 e. The van der Waals surface area contributed by atoms with Gasteiger partial charge >= 0.3 is 0 Å². The van der Waals surface area contributed by atoms with E-state index in [2.05, 4.69) is 20.8 Å². The van der Waals surface area contributed by atoms with Crippen LogP contribution in [0.15, 0.2) is 0 Å². The van der Waals surface area contributed by atoms with E-state index in [0.717, 1.165) is 6.42 Å². The molecule has 0 aromatic heterocycles. The van der Waals surface area contributed by atoms with E-state index in [1.807, 2.05) is 0 Å². The van der Waals surface area contributed by atoms with Gasteiger partial charge in [0, 0.05) is 0 Å². The molecule has 0 heterocycles. The second-order valence-corrected chi connectivity index (χ2v) is 3.00. The first-order chi connectivity index (χ1) is 4.81. The summed E-state index contributed by atoms with van der Waals surface area (Å²) in [6, 6.07) is 0. The minimum absolute atomic E-state index is 0.594. The summed E-state index contributed by atoms with van der Waals surface area (Å²) in [5, 5.41) is 0. The molecule has 10 heavy (non-hydrogen) atoms. The Morgan fingerprint density at radius 1 is 1.20 bits per heavy atom. The van der Waals surface area contributed by atoms with Crippen LogP contribution in [0.1, 0.15) is 45.4 Å². The molecule has 0 aliphatic carbocycles. The van der Waals surface area contributed by atoms with Crippen molar-refractivity contribution in [2.75, 3.05) is 0 Å². The van der Waals surface area contributed by atoms with Crippen LogP contribution in [0.2, 0.25) is 0 Å². The normalized spacial score (nSPS) is 13.5. The minimum atomic E-state index is 0.594. The van der Waals surface area contributed by atoms with Crippen LogP contribution < -0.4 is 0 Å². The summed E-state index contributed by atoms with van der Waals surface area (Å²) < 4.78 is 0. The Labute approximate surface area is 66.0 Å². The lowest BCUT2D eigenvalue weighted by molar-refractivity contribution is 0.530. The van der Waals surface area contributed by atoms with Crippen LogP contribution in [-0.4, -0.2) is 0 Å². The second-order valence-electron chi connectivity index (χ2n) is 3.00. The number of unbranched alkanes of at least 4 members (excludes halogenated alkanes) is 3. The summed E-state index contributed by atoms with van der Waals surface area (Å²) in [5.74, 6) is 0.594. The molecule has 0 aliphatic heterocycles. The molecule has 0 saturated carbocycles. The van der Waals surface area contributed by atoms with E-state index in [9.17, 15) is 0 Å². The maximum Gasteiger partial charge on any atom is -0.0414 e. The van der Waals surface area contributed by atoms with Gasteiger partial charge in [0.1, 0.15) is 0 Å². The van der Waals surface area contributed by atoms with E-state index in [0.29, 0.717) is 5.92 Å². The van der Waals surface area contributed by atoms with Gasteiger partial charge in [-0.15, -0.1) is 0 Å². The van der Waals surface area contributed by atoms with Gasteiger partial charge in [0.05, 0.1) is 0 Å². The molecule has 60 valence electrons. The highest BCUT2D eigenvalue weighted by Crippen LogP contribution is 2.11. The van der Waals surface area contributed by atoms with Crippen molar-refractivity contribution in [2.24, 2.45) is 5.92 Å². The Morgan fingerprint density at radius 2 is 1.90 bits per heavy atom. The van der Waals surface area contributed by atoms with Crippen molar-refractivity contribution in [3.63, 3.8) is 0 Å². The Morgan fingerprint density at radius 3 is 2.40 bits per heavy atom. The highest BCUT2D eigenvalue weighted by molar-refractivity contribution is 4.61. The maximum atomic E-state index is 3.99. The molecular formula is C10H20. The fourth-order valence-electron chi connectivity index (χ4n) is 1.00. The van der Waals surface area contributed by atoms with Gasteiger partial charge in [-0.25, -0.2) is 0 Å². The smallest absolute Gasteiger partial charge is 0.0414 e. The van der Waals surface area contributed by atoms with Gasteiger partial charge in [0.25, 0.3) is 0 Å². The molecule has 2 radical (unpaired) electrons. The third kappa shape index (κ3) is 6.12. The predicted octanol–water partition coefficient (Wildman–Crippen LogP) is 3.63. The van der Waals surface area contributed by atoms with Crippen molar-refractivity contribution in [2.45, 2.75) is 45.4 Å². The quantitative estimate of drug-likeness (QED) is 0.494. The first-order valence-corrected chi connectivity index (χ1v) is 4.43. The van der Waals surface area contributed by atoms with Gasteiger partial charge in [0.2, 0.25) is 0 Å². The molecule has 1 atom stereocenters. The molecule has 0 aliphatic rings. The molecule has 0 spiro atoms. The van der Waals surface area contributed by atoms with Crippen molar-refractivity contribution in [3.8, 4) is 0 Å². The summed E-state index contributed by atoms with van der Waals surface area (Å²) in [5.41, 5.74) is 0. The Hall–Kier alpha value is 0. The van der Waals surface area contributed by atoms with E-state index in [-0.39, 0.29) is 0 Å². The van der Waals surface area contributed by atoms with E-state index in [1.165, 1.54) is 32.1 Å². The van der Waals surface area contributed by atoms with Crippen molar-refractivity contribution in [1.82, 2.24) is 0 Å². The van der Waals surface area contributed by atoms with E-state index in [1.54, 1.807) is 0 Å². The summed E-state index contributed by atoms with van der Waals surface area (Å²) in [7, 11) is 0. The van der Waals surface area contributed by atoms with Crippen LogP contribution in [-0.2, 0) is 0 Å². The van der Waals surface area contributed by atoms with Crippen molar-refractivity contribution in [3.05, 3.63) is 13.8 Å². The van der Waals surface area contributed by atoms with Crippen LogP contribution >= 0.6 is 0 Å². The Bertz CT molecular complexity index is 57.1. The molecule has 0 heteroatoms. The Balaban J connectivity index is 2.89. The second kappa shape index (κ2) is 7.11. The maximum absolute atomic E-state index is 3.99. The zero-order valence-electron chi connectivity index (χ0n) is 7.23. The first kappa shape index (κ1) is 10.0. The average Bonchev–Trinajstić information content (AvgIpc) is 1.98. The van der Waals surface area contributed by atoms with Crippen molar-refractivity contribution >= 4 is 0 Å². The largest absolute Gasteiger partial charge is 0.0654 e. The van der Waals surface area contributed by atoms with Gasteiger partial charge in [-0.3, -0.25) is 0 Å². The molecular weight excluding hydrogens is 120 g/mol. The molecule has 0 rings (SSSR count). The standard InChI is InChI=1S/C10H20/c1-4-6-7-8-9-10(3)5-2/h10H,2-9H2,1H3. The van der Waals surface area contributed by atoms with Crippen LogP contribution in [0, 0.1) is 19.8 Å². The lowest BCUT2D eigenvalue weighted by Gasteiger charge is -2.05. The van der Waals surface area contributed by atoms with E-state index in [4.69, 9.17) is 0 Å². The van der Waals surface area contributed by atoms with Crippen LogP contribution in [0.4, 0.5) is 0 Å². The monoisotopic (exact) mass is 140 g/mol. The summed E-state index contributed by atoms with van der Waals surface area (Å²) >= 11 is 0. The van der Waals surface area contributed by atoms with Gasteiger partial charge in [-0.05, 0) is 5.92 Å². The van der Waals surface area contributed by atoms with Gasteiger partial charge < -0.3 is 0 Å². The summed E-state index contributed by atoms with van der Waals surface area (Å²) in [6.07, 6.45) is 7.69. The lowest BCUT2D eigenvalue weighted by Crippen LogP contribution is -1.91. The molecule has 0 aromatic carbocycles.